The zero-order valence-corrected chi connectivity index (χ0v) is 12.4. The van der Waals surface area contributed by atoms with Crippen molar-refractivity contribution in [2.45, 2.75) is 53.0 Å². The molecule has 0 spiro atoms. The molecule has 102 valence electrons. The van der Waals surface area contributed by atoms with Crippen molar-refractivity contribution < 1.29 is 8.42 Å². The van der Waals surface area contributed by atoms with E-state index in [1.165, 1.54) is 12.8 Å². The quantitative estimate of drug-likeness (QED) is 0.729. The first-order valence-corrected chi connectivity index (χ1v) is 8.55. The van der Waals surface area contributed by atoms with Gasteiger partial charge in [0, 0.05) is 18.3 Å². The fourth-order valence-electron chi connectivity index (χ4n) is 1.78. The van der Waals surface area contributed by atoms with Gasteiger partial charge in [-0.3, -0.25) is 0 Å². The van der Waals surface area contributed by atoms with Crippen LogP contribution in [0.3, 0.4) is 0 Å². The maximum Gasteiger partial charge on any atom is 0.150 e. The molecule has 1 fully saturated rings. The van der Waals surface area contributed by atoms with E-state index in [1.54, 1.807) is 6.92 Å². The smallest absolute Gasteiger partial charge is 0.150 e. The van der Waals surface area contributed by atoms with E-state index in [9.17, 15) is 8.42 Å². The third-order valence-corrected chi connectivity index (χ3v) is 5.90. The molecule has 0 aliphatic heterocycles. The highest BCUT2D eigenvalue weighted by Crippen LogP contribution is 2.32. The van der Waals surface area contributed by atoms with Crippen molar-refractivity contribution in [1.29, 1.82) is 0 Å². The highest BCUT2D eigenvalue weighted by Gasteiger charge is 2.32. The van der Waals surface area contributed by atoms with Crippen molar-refractivity contribution in [1.82, 2.24) is 5.32 Å². The lowest BCUT2D eigenvalue weighted by atomic mass is 9.77. The molecule has 0 heterocycles. The standard InChI is InChI=1S/C13H27NO2S/c1-5-17(15,16)9-8-13(4,11(2)3)10-14-12-6-7-12/h11-12,14H,5-10H2,1-4H3. The Morgan fingerprint density at radius 1 is 1.35 bits per heavy atom. The lowest BCUT2D eigenvalue weighted by Crippen LogP contribution is -2.38. The average Bonchev–Trinajstić information content (AvgIpc) is 3.07. The largest absolute Gasteiger partial charge is 0.313 e. The first kappa shape index (κ1) is 15.0. The van der Waals surface area contributed by atoms with E-state index in [0.29, 0.717) is 17.7 Å². The van der Waals surface area contributed by atoms with E-state index in [-0.39, 0.29) is 11.2 Å². The minimum absolute atomic E-state index is 0.0881. The molecule has 1 aliphatic carbocycles. The van der Waals surface area contributed by atoms with Crippen molar-refractivity contribution in [3.63, 3.8) is 0 Å². The number of nitrogens with one attached hydrogen (secondary N) is 1. The fraction of sp³-hybridized carbons (Fsp3) is 1.00. The van der Waals surface area contributed by atoms with Gasteiger partial charge in [-0.05, 0) is 30.6 Å². The molecule has 1 N–H and O–H groups in total. The van der Waals surface area contributed by atoms with Gasteiger partial charge in [-0.15, -0.1) is 0 Å². The number of hydrogen-bond acceptors (Lipinski definition) is 3. The summed E-state index contributed by atoms with van der Waals surface area (Å²) in [5.74, 6) is 1.09. The van der Waals surface area contributed by atoms with Gasteiger partial charge in [0.05, 0.1) is 5.75 Å². The molecule has 0 aromatic carbocycles. The third-order valence-electron chi connectivity index (χ3n) is 4.19. The topological polar surface area (TPSA) is 46.2 Å². The van der Waals surface area contributed by atoms with Crippen molar-refractivity contribution in [2.75, 3.05) is 18.1 Å². The second kappa shape index (κ2) is 5.70. The molecule has 0 aromatic rings. The lowest BCUT2D eigenvalue weighted by molar-refractivity contribution is 0.200. The molecule has 4 heteroatoms. The second-order valence-electron chi connectivity index (χ2n) is 5.95. The minimum Gasteiger partial charge on any atom is -0.313 e. The lowest BCUT2D eigenvalue weighted by Gasteiger charge is -2.34. The Balaban J connectivity index is 2.50. The van der Waals surface area contributed by atoms with Crippen LogP contribution in [0.4, 0.5) is 0 Å². The van der Waals surface area contributed by atoms with E-state index in [4.69, 9.17) is 0 Å². The summed E-state index contributed by atoms with van der Waals surface area (Å²) < 4.78 is 23.2. The Hall–Kier alpha value is -0.0900. The van der Waals surface area contributed by atoms with Gasteiger partial charge in [-0.1, -0.05) is 27.7 Å². The zero-order chi connectivity index (χ0) is 13.1. The van der Waals surface area contributed by atoms with Gasteiger partial charge in [-0.25, -0.2) is 8.42 Å². The molecule has 17 heavy (non-hydrogen) atoms. The van der Waals surface area contributed by atoms with Crippen LogP contribution in [-0.4, -0.2) is 32.5 Å². The second-order valence-corrected chi connectivity index (χ2v) is 8.42. The Morgan fingerprint density at radius 2 is 1.94 bits per heavy atom. The Morgan fingerprint density at radius 3 is 2.35 bits per heavy atom. The first-order valence-electron chi connectivity index (χ1n) is 6.73. The van der Waals surface area contributed by atoms with Crippen molar-refractivity contribution in [3.8, 4) is 0 Å². The Labute approximate surface area is 106 Å². The molecule has 1 saturated carbocycles. The molecule has 3 nitrogen and oxygen atoms in total. The summed E-state index contributed by atoms with van der Waals surface area (Å²) in [6.07, 6.45) is 3.32. The molecule has 0 amide bonds. The van der Waals surface area contributed by atoms with E-state index >= 15 is 0 Å². The van der Waals surface area contributed by atoms with E-state index in [0.717, 1.165) is 13.0 Å². The molecule has 0 radical (unpaired) electrons. The van der Waals surface area contributed by atoms with E-state index < -0.39 is 9.84 Å². The number of rotatable bonds is 8. The van der Waals surface area contributed by atoms with Gasteiger partial charge in [0.15, 0.2) is 0 Å². The van der Waals surface area contributed by atoms with Crippen molar-refractivity contribution in [2.24, 2.45) is 11.3 Å². The maximum absolute atomic E-state index is 11.6. The highest BCUT2D eigenvalue weighted by atomic mass is 32.2. The molecule has 1 aliphatic rings. The molecule has 0 bridgehead atoms. The predicted octanol–water partition coefficient (Wildman–Crippen LogP) is 2.23. The Kier molecular flexibility index (Phi) is 5.02. The summed E-state index contributed by atoms with van der Waals surface area (Å²) in [5, 5.41) is 3.54. The third kappa shape index (κ3) is 4.96. The summed E-state index contributed by atoms with van der Waals surface area (Å²) in [6, 6.07) is 0.691. The van der Waals surface area contributed by atoms with Gasteiger partial charge in [0.2, 0.25) is 0 Å². The van der Waals surface area contributed by atoms with Crippen LogP contribution in [0.2, 0.25) is 0 Å². The van der Waals surface area contributed by atoms with Crippen molar-refractivity contribution >= 4 is 9.84 Å². The zero-order valence-electron chi connectivity index (χ0n) is 11.6. The number of sulfone groups is 1. The van der Waals surface area contributed by atoms with Gasteiger partial charge in [0.1, 0.15) is 9.84 Å². The van der Waals surface area contributed by atoms with Gasteiger partial charge < -0.3 is 5.32 Å². The first-order chi connectivity index (χ1) is 7.79. The molecule has 0 saturated heterocycles. The molecule has 1 unspecified atom stereocenters. The Bertz CT molecular complexity index is 333. The summed E-state index contributed by atoms with van der Waals surface area (Å²) in [4.78, 5) is 0. The van der Waals surface area contributed by atoms with E-state index in [1.807, 2.05) is 0 Å². The van der Waals surface area contributed by atoms with Crippen LogP contribution in [0.1, 0.15) is 47.0 Å². The van der Waals surface area contributed by atoms with Crippen LogP contribution in [0.25, 0.3) is 0 Å². The summed E-state index contributed by atoms with van der Waals surface area (Å²) in [7, 11) is -2.84. The van der Waals surface area contributed by atoms with E-state index in [2.05, 4.69) is 26.1 Å². The van der Waals surface area contributed by atoms with Crippen molar-refractivity contribution in [3.05, 3.63) is 0 Å². The minimum atomic E-state index is -2.84. The van der Waals surface area contributed by atoms with Crippen LogP contribution in [-0.2, 0) is 9.84 Å². The normalized spacial score (nSPS) is 20.5. The van der Waals surface area contributed by atoms with Gasteiger partial charge in [-0.2, -0.15) is 0 Å². The average molecular weight is 261 g/mol. The highest BCUT2D eigenvalue weighted by molar-refractivity contribution is 7.91. The molecule has 1 rings (SSSR count). The number of hydrogen-bond donors (Lipinski definition) is 1. The molecule has 0 aromatic heterocycles. The summed E-state index contributed by atoms with van der Waals surface area (Å²) in [6.45, 7) is 9.25. The SMILES string of the molecule is CCS(=O)(=O)CCC(C)(CNC1CC1)C(C)C. The van der Waals surface area contributed by atoms with Crippen LogP contribution in [0.5, 0.6) is 0 Å². The molecular weight excluding hydrogens is 234 g/mol. The van der Waals surface area contributed by atoms with Gasteiger partial charge >= 0.3 is 0 Å². The fourth-order valence-corrected chi connectivity index (χ4v) is 2.85. The summed E-state index contributed by atoms with van der Waals surface area (Å²) >= 11 is 0. The van der Waals surface area contributed by atoms with Gasteiger partial charge in [0.25, 0.3) is 0 Å². The monoisotopic (exact) mass is 261 g/mol. The van der Waals surface area contributed by atoms with Crippen LogP contribution in [0, 0.1) is 11.3 Å². The summed E-state index contributed by atoms with van der Waals surface area (Å²) in [5.41, 5.74) is 0.0881. The molecular formula is C13H27NO2S. The van der Waals surface area contributed by atoms with Crippen LogP contribution >= 0.6 is 0 Å². The predicted molar refractivity (Wildman–Crippen MR) is 72.9 cm³/mol. The van der Waals surface area contributed by atoms with Crippen LogP contribution in [0.15, 0.2) is 0 Å². The molecule has 1 atom stereocenters. The van der Waals surface area contributed by atoms with Crippen LogP contribution < -0.4 is 5.32 Å². The maximum atomic E-state index is 11.6.